The van der Waals surface area contributed by atoms with Gasteiger partial charge >= 0.3 is 6.03 Å². The van der Waals surface area contributed by atoms with Gasteiger partial charge in [-0.25, -0.2) is 9.78 Å². The van der Waals surface area contributed by atoms with E-state index in [0.29, 0.717) is 38.2 Å². The lowest BCUT2D eigenvalue weighted by molar-refractivity contribution is 0.0862. The predicted octanol–water partition coefficient (Wildman–Crippen LogP) is 3.19. The Kier molecular flexibility index (Phi) is 6.31. The van der Waals surface area contributed by atoms with Gasteiger partial charge < -0.3 is 15.5 Å². The number of hydrogen-bond donors (Lipinski definition) is 2. The average molecular weight is 401 g/mol. The molecule has 1 aliphatic rings. The Bertz CT molecular complexity index is 851. The Hall–Kier alpha value is -2.44. The zero-order valence-corrected chi connectivity index (χ0v) is 16.9. The van der Waals surface area contributed by atoms with E-state index in [9.17, 15) is 9.59 Å². The molecule has 1 saturated heterocycles. The highest BCUT2D eigenvalue weighted by atomic mass is 35.5. The lowest BCUT2D eigenvalue weighted by Gasteiger charge is -2.32. The van der Waals surface area contributed by atoms with Crippen molar-refractivity contribution in [3.8, 4) is 0 Å². The average Bonchev–Trinajstić information content (AvgIpc) is 3.16. The van der Waals surface area contributed by atoms with E-state index in [1.165, 1.54) is 0 Å². The van der Waals surface area contributed by atoms with Crippen molar-refractivity contribution < 1.29 is 9.59 Å². The van der Waals surface area contributed by atoms with Crippen LogP contribution < -0.4 is 10.6 Å². The van der Waals surface area contributed by atoms with Crippen molar-refractivity contribution in [1.29, 1.82) is 0 Å². The van der Waals surface area contributed by atoms with Gasteiger partial charge in [-0.2, -0.15) is 0 Å². The molecule has 148 valence electrons. The molecule has 1 aliphatic heterocycles. The number of pyridine rings is 1. The number of aromatic nitrogens is 1. The summed E-state index contributed by atoms with van der Waals surface area (Å²) in [7, 11) is 0. The van der Waals surface area contributed by atoms with Gasteiger partial charge in [0.1, 0.15) is 10.7 Å². The van der Waals surface area contributed by atoms with Gasteiger partial charge in [0.05, 0.1) is 5.56 Å². The summed E-state index contributed by atoms with van der Waals surface area (Å²) in [5.74, 6) is -0.209. The molecule has 0 unspecified atom stereocenters. The third-order valence-corrected chi connectivity index (χ3v) is 5.34. The molecule has 6 nitrogen and oxygen atoms in total. The predicted molar refractivity (Wildman–Crippen MR) is 110 cm³/mol. The Morgan fingerprint density at radius 1 is 1.25 bits per heavy atom. The number of benzene rings is 1. The van der Waals surface area contributed by atoms with Crippen LogP contribution >= 0.6 is 11.6 Å². The molecule has 7 heteroatoms. The van der Waals surface area contributed by atoms with Crippen molar-refractivity contribution in [1.82, 2.24) is 20.5 Å². The summed E-state index contributed by atoms with van der Waals surface area (Å²) in [5.41, 5.74) is 1.09. The lowest BCUT2D eigenvalue weighted by Crippen LogP contribution is -2.59. The number of carbonyl (C=O) groups is 2. The Balaban J connectivity index is 1.81. The number of hydrogen-bond acceptors (Lipinski definition) is 4. The highest BCUT2D eigenvalue weighted by Crippen LogP contribution is 2.25. The maximum atomic E-state index is 13.3. The third kappa shape index (κ3) is 4.34. The molecule has 2 heterocycles. The molecule has 1 aromatic heterocycles. The van der Waals surface area contributed by atoms with E-state index in [4.69, 9.17) is 11.6 Å². The molecule has 0 spiro atoms. The first-order valence-corrected chi connectivity index (χ1v) is 9.82. The van der Waals surface area contributed by atoms with E-state index in [0.717, 1.165) is 11.3 Å². The molecular weight excluding hydrogens is 376 g/mol. The molecule has 0 saturated carbocycles. The van der Waals surface area contributed by atoms with E-state index < -0.39 is 5.54 Å². The molecule has 1 aromatic carbocycles. The van der Waals surface area contributed by atoms with Gasteiger partial charge in [-0.3, -0.25) is 4.79 Å². The summed E-state index contributed by atoms with van der Waals surface area (Å²) in [5, 5.41) is 6.35. The van der Waals surface area contributed by atoms with Crippen molar-refractivity contribution >= 4 is 23.4 Å². The maximum absolute atomic E-state index is 13.3. The number of halogens is 1. The van der Waals surface area contributed by atoms with Crippen LogP contribution in [0.25, 0.3) is 0 Å². The van der Waals surface area contributed by atoms with Gasteiger partial charge in [0.15, 0.2) is 5.78 Å². The fourth-order valence-electron chi connectivity index (χ4n) is 3.42. The monoisotopic (exact) mass is 400 g/mol. The smallest absolute Gasteiger partial charge is 0.318 e. The molecular formula is C21H25ClN4O2. The molecule has 0 bridgehead atoms. The largest absolute Gasteiger partial charge is 0.324 e. The van der Waals surface area contributed by atoms with E-state index in [1.807, 2.05) is 44.2 Å². The molecule has 2 aromatic rings. The van der Waals surface area contributed by atoms with Crippen molar-refractivity contribution in [2.75, 3.05) is 19.6 Å². The van der Waals surface area contributed by atoms with E-state index in [1.54, 1.807) is 17.0 Å². The molecule has 1 fully saturated rings. The second-order valence-corrected chi connectivity index (χ2v) is 7.42. The van der Waals surface area contributed by atoms with E-state index in [-0.39, 0.29) is 17.0 Å². The van der Waals surface area contributed by atoms with Crippen molar-refractivity contribution in [2.24, 2.45) is 0 Å². The van der Waals surface area contributed by atoms with Gasteiger partial charge in [-0.05, 0) is 44.5 Å². The number of nitrogens with one attached hydrogen (secondary N) is 2. The Morgan fingerprint density at radius 2 is 2.00 bits per heavy atom. The zero-order chi connectivity index (χ0) is 20.1. The van der Waals surface area contributed by atoms with Gasteiger partial charge in [-0.15, -0.1) is 0 Å². The summed E-state index contributed by atoms with van der Waals surface area (Å²) in [6.45, 7) is 5.76. The first kappa shape index (κ1) is 20.3. The molecule has 0 aliphatic carbocycles. The first-order chi connectivity index (χ1) is 13.4. The minimum atomic E-state index is -1.03. The van der Waals surface area contributed by atoms with Crippen LogP contribution in [0.5, 0.6) is 0 Å². The van der Waals surface area contributed by atoms with Gasteiger partial charge in [0.2, 0.25) is 0 Å². The van der Waals surface area contributed by atoms with Crippen LogP contribution in [0.4, 0.5) is 4.79 Å². The number of Topliss-reactive ketones (excluding diaryl/α,β-unsaturated/α-hetero) is 1. The van der Waals surface area contributed by atoms with Crippen LogP contribution in [0, 0.1) is 6.92 Å². The second kappa shape index (κ2) is 8.71. The molecule has 0 radical (unpaired) electrons. The zero-order valence-electron chi connectivity index (χ0n) is 16.2. The number of ketones is 1. The summed E-state index contributed by atoms with van der Waals surface area (Å²) >= 11 is 6.22. The number of urea groups is 1. The number of carbonyl (C=O) groups excluding carboxylic acids is 2. The first-order valence-electron chi connectivity index (χ1n) is 9.45. The van der Waals surface area contributed by atoms with Crippen LogP contribution in [-0.2, 0) is 6.54 Å². The van der Waals surface area contributed by atoms with Crippen LogP contribution in [0.1, 0.15) is 35.0 Å². The van der Waals surface area contributed by atoms with Gasteiger partial charge in [0.25, 0.3) is 0 Å². The minimum absolute atomic E-state index is 0.169. The highest BCUT2D eigenvalue weighted by Gasteiger charge is 2.44. The van der Waals surface area contributed by atoms with E-state index >= 15 is 0 Å². The van der Waals surface area contributed by atoms with E-state index in [2.05, 4.69) is 15.6 Å². The number of nitrogens with zero attached hydrogens (tertiary/aromatic N) is 2. The fraction of sp³-hybridized carbons (Fsp3) is 0.381. The minimum Gasteiger partial charge on any atom is -0.324 e. The Labute approximate surface area is 170 Å². The Morgan fingerprint density at radius 3 is 2.61 bits per heavy atom. The molecule has 3 rings (SSSR count). The number of aryl methyl sites for hydroxylation is 1. The van der Waals surface area contributed by atoms with Gasteiger partial charge in [-0.1, -0.05) is 41.9 Å². The normalized spacial score (nSPS) is 18.7. The summed E-state index contributed by atoms with van der Waals surface area (Å²) in [6, 6.07) is 13.0. The van der Waals surface area contributed by atoms with Gasteiger partial charge in [0, 0.05) is 25.3 Å². The lowest BCUT2D eigenvalue weighted by atomic mass is 9.89. The number of rotatable bonds is 6. The summed E-state index contributed by atoms with van der Waals surface area (Å²) in [4.78, 5) is 32.2. The fourth-order valence-corrected chi connectivity index (χ4v) is 3.70. The number of amides is 2. The SMILES string of the molecule is CCN(Cc1ccccc1)C(=O)N[C@]1(C(=O)c2ccc(C)nc2Cl)CCNC1. The maximum Gasteiger partial charge on any atom is 0.318 e. The quantitative estimate of drug-likeness (QED) is 0.577. The third-order valence-electron chi connectivity index (χ3n) is 5.05. The van der Waals surface area contributed by atoms with Crippen molar-refractivity contribution in [3.05, 3.63) is 64.4 Å². The van der Waals surface area contributed by atoms with Crippen LogP contribution in [0.2, 0.25) is 5.15 Å². The summed E-state index contributed by atoms with van der Waals surface area (Å²) in [6.07, 6.45) is 0.505. The van der Waals surface area contributed by atoms with Crippen LogP contribution in [0.15, 0.2) is 42.5 Å². The molecule has 28 heavy (non-hydrogen) atoms. The topological polar surface area (TPSA) is 74.3 Å². The van der Waals surface area contributed by atoms with Crippen molar-refractivity contribution in [2.45, 2.75) is 32.4 Å². The molecule has 1 atom stereocenters. The highest BCUT2D eigenvalue weighted by molar-refractivity contribution is 6.33. The molecule has 2 amide bonds. The second-order valence-electron chi connectivity index (χ2n) is 7.06. The van der Waals surface area contributed by atoms with Crippen LogP contribution in [0.3, 0.4) is 0 Å². The standard InChI is InChI=1S/C21H25ClN4O2/c1-3-26(13-16-7-5-4-6-8-16)20(28)25-21(11-12-23-14-21)18(27)17-10-9-15(2)24-19(17)22/h4-10,23H,3,11-14H2,1-2H3,(H,25,28)/t21-/m1/s1. The molecule has 2 N–H and O–H groups in total. The van der Waals surface area contributed by atoms with Crippen LogP contribution in [-0.4, -0.2) is 46.9 Å². The summed E-state index contributed by atoms with van der Waals surface area (Å²) < 4.78 is 0. The van der Waals surface area contributed by atoms with Crippen molar-refractivity contribution in [3.63, 3.8) is 0 Å².